The van der Waals surface area contributed by atoms with Gasteiger partial charge in [0.2, 0.25) is 5.95 Å². The molecule has 0 spiro atoms. The van der Waals surface area contributed by atoms with Crippen LogP contribution >= 0.6 is 0 Å². The molecule has 4 N–H and O–H groups in total. The zero-order chi connectivity index (χ0) is 12.5. The zero-order valence-corrected chi connectivity index (χ0v) is 9.41. The van der Waals surface area contributed by atoms with Crippen LogP contribution in [0.4, 0.5) is 5.95 Å². The molecule has 90 valence electrons. The van der Waals surface area contributed by atoms with Crippen LogP contribution in [0.1, 0.15) is 17.5 Å². The second kappa shape index (κ2) is 4.08. The maximum atomic E-state index is 10.2. The van der Waals surface area contributed by atoms with Crippen LogP contribution in [-0.4, -0.2) is 25.0 Å². The first kappa shape index (κ1) is 10.7. The van der Waals surface area contributed by atoms with Crippen molar-refractivity contribution < 1.29 is 5.11 Å². The number of hydrogen-bond donors (Lipinski definition) is 3. The van der Waals surface area contributed by atoms with Gasteiger partial charge in [0.15, 0.2) is 5.65 Å². The normalized spacial score (nSPS) is 12.7. The predicted octanol–water partition coefficient (Wildman–Crippen LogP) is 1.02. The molecule has 0 saturated heterocycles. The summed E-state index contributed by atoms with van der Waals surface area (Å²) >= 11 is 0. The van der Waals surface area contributed by atoms with Gasteiger partial charge in [-0.2, -0.15) is 4.98 Å². The Hall–Kier alpha value is -2.47. The fourth-order valence-corrected chi connectivity index (χ4v) is 1.76. The molecule has 1 unspecified atom stereocenters. The van der Waals surface area contributed by atoms with Gasteiger partial charge in [0, 0.05) is 0 Å². The highest BCUT2D eigenvalue weighted by molar-refractivity contribution is 5.70. The van der Waals surface area contributed by atoms with Gasteiger partial charge in [0.1, 0.15) is 17.4 Å². The number of H-pyrrole nitrogens is 1. The predicted molar refractivity (Wildman–Crippen MR) is 66.6 cm³/mol. The van der Waals surface area contributed by atoms with Crippen LogP contribution in [0.3, 0.4) is 0 Å². The van der Waals surface area contributed by atoms with Crippen LogP contribution < -0.4 is 5.73 Å². The third kappa shape index (κ3) is 1.78. The Bertz CT molecular complexity index is 679. The first-order valence-electron chi connectivity index (χ1n) is 5.45. The maximum Gasteiger partial charge on any atom is 0.222 e. The Morgan fingerprint density at radius 3 is 2.72 bits per heavy atom. The van der Waals surface area contributed by atoms with Crippen molar-refractivity contribution in [2.75, 3.05) is 5.73 Å². The lowest BCUT2D eigenvalue weighted by Crippen LogP contribution is -2.01. The Morgan fingerprint density at radius 1 is 1.17 bits per heavy atom. The van der Waals surface area contributed by atoms with Crippen LogP contribution in [0.2, 0.25) is 0 Å². The number of aliphatic hydroxyl groups excluding tert-OH is 1. The monoisotopic (exact) mass is 241 g/mol. The van der Waals surface area contributed by atoms with E-state index < -0.39 is 6.10 Å². The summed E-state index contributed by atoms with van der Waals surface area (Å²) in [7, 11) is 0. The topological polar surface area (TPSA) is 101 Å². The molecule has 0 saturated carbocycles. The van der Waals surface area contributed by atoms with E-state index in [0.29, 0.717) is 17.0 Å². The lowest BCUT2D eigenvalue weighted by molar-refractivity contribution is 0.211. The largest absolute Gasteiger partial charge is 0.380 e. The highest BCUT2D eigenvalue weighted by Crippen LogP contribution is 2.21. The van der Waals surface area contributed by atoms with Crippen LogP contribution in [-0.2, 0) is 0 Å². The van der Waals surface area contributed by atoms with Gasteiger partial charge < -0.3 is 15.8 Å². The van der Waals surface area contributed by atoms with E-state index in [9.17, 15) is 5.11 Å². The van der Waals surface area contributed by atoms with Gasteiger partial charge in [-0.15, -0.1) is 0 Å². The molecule has 2 aromatic heterocycles. The molecular weight excluding hydrogens is 230 g/mol. The second-order valence-electron chi connectivity index (χ2n) is 3.90. The number of nitrogens with one attached hydrogen (secondary N) is 1. The molecule has 0 amide bonds. The molecule has 6 heteroatoms. The highest BCUT2D eigenvalue weighted by Gasteiger charge is 2.15. The van der Waals surface area contributed by atoms with Crippen molar-refractivity contribution in [1.29, 1.82) is 0 Å². The number of aromatic nitrogens is 4. The smallest absolute Gasteiger partial charge is 0.222 e. The van der Waals surface area contributed by atoms with Gasteiger partial charge in [0.05, 0.1) is 6.20 Å². The van der Waals surface area contributed by atoms with Crippen molar-refractivity contribution in [2.45, 2.75) is 6.10 Å². The number of anilines is 1. The Labute approximate surface area is 103 Å². The number of benzene rings is 1. The number of nitrogens with zero attached hydrogens (tertiary/aromatic N) is 3. The maximum absolute atomic E-state index is 10.2. The van der Waals surface area contributed by atoms with Crippen LogP contribution in [0.25, 0.3) is 11.2 Å². The van der Waals surface area contributed by atoms with E-state index in [4.69, 9.17) is 5.73 Å². The minimum atomic E-state index is -0.818. The molecule has 0 bridgehead atoms. The minimum Gasteiger partial charge on any atom is -0.380 e. The summed E-state index contributed by atoms with van der Waals surface area (Å²) in [4.78, 5) is 15.0. The molecule has 6 nitrogen and oxygen atoms in total. The first-order valence-corrected chi connectivity index (χ1v) is 5.45. The summed E-state index contributed by atoms with van der Waals surface area (Å²) in [6.45, 7) is 0. The van der Waals surface area contributed by atoms with Crippen LogP contribution in [0.5, 0.6) is 0 Å². The average Bonchev–Trinajstić information content (AvgIpc) is 2.81. The number of fused-ring (bicyclic) bond motifs is 1. The number of aliphatic hydroxyl groups is 1. The molecule has 0 aliphatic heterocycles. The summed E-state index contributed by atoms with van der Waals surface area (Å²) < 4.78 is 0. The van der Waals surface area contributed by atoms with Gasteiger partial charge in [0.25, 0.3) is 0 Å². The lowest BCUT2D eigenvalue weighted by Gasteiger charge is -2.06. The Morgan fingerprint density at radius 2 is 1.94 bits per heavy atom. The summed E-state index contributed by atoms with van der Waals surface area (Å²) in [5, 5.41) is 10.2. The number of hydrogen-bond acceptors (Lipinski definition) is 5. The number of nitrogen functional groups attached to an aromatic ring is 1. The van der Waals surface area contributed by atoms with Gasteiger partial charge in [-0.25, -0.2) is 9.97 Å². The number of nitrogens with two attached hydrogens (primary N) is 1. The standard InChI is InChI=1S/C12H11N5O/c13-12-14-6-8-10(17-12)16-11(15-8)9(18)7-4-2-1-3-5-7/h1-6,9,18H,(H3,13,14,15,16,17). The Balaban J connectivity index is 2.04. The number of imidazole rings is 1. The first-order chi connectivity index (χ1) is 8.74. The fraction of sp³-hybridized carbons (Fsp3) is 0.0833. The van der Waals surface area contributed by atoms with Gasteiger partial charge in [-0.3, -0.25) is 0 Å². The third-order valence-corrected chi connectivity index (χ3v) is 2.65. The average molecular weight is 241 g/mol. The van der Waals surface area contributed by atoms with E-state index in [1.165, 1.54) is 0 Å². The van der Waals surface area contributed by atoms with Gasteiger partial charge in [-0.1, -0.05) is 30.3 Å². The van der Waals surface area contributed by atoms with E-state index in [-0.39, 0.29) is 5.95 Å². The molecule has 0 radical (unpaired) electrons. The van der Waals surface area contributed by atoms with E-state index in [0.717, 1.165) is 5.56 Å². The summed E-state index contributed by atoms with van der Waals surface area (Å²) in [5.41, 5.74) is 7.34. The molecule has 1 aromatic carbocycles. The molecule has 3 rings (SSSR count). The highest BCUT2D eigenvalue weighted by atomic mass is 16.3. The summed E-state index contributed by atoms with van der Waals surface area (Å²) in [6, 6.07) is 9.27. The summed E-state index contributed by atoms with van der Waals surface area (Å²) in [5.74, 6) is 0.589. The second-order valence-corrected chi connectivity index (χ2v) is 3.90. The SMILES string of the molecule is Nc1ncc2[nH]c(C(O)c3ccccc3)nc2n1. The van der Waals surface area contributed by atoms with E-state index >= 15 is 0 Å². The molecule has 18 heavy (non-hydrogen) atoms. The van der Waals surface area contributed by atoms with Gasteiger partial charge in [-0.05, 0) is 5.56 Å². The van der Waals surface area contributed by atoms with Crippen molar-refractivity contribution in [1.82, 2.24) is 19.9 Å². The van der Waals surface area contributed by atoms with E-state index in [1.807, 2.05) is 30.3 Å². The summed E-state index contributed by atoms with van der Waals surface area (Å²) in [6.07, 6.45) is 0.730. The quantitative estimate of drug-likeness (QED) is 0.621. The molecule has 3 aromatic rings. The molecule has 0 aliphatic rings. The molecule has 1 atom stereocenters. The van der Waals surface area contributed by atoms with Crippen LogP contribution in [0.15, 0.2) is 36.5 Å². The van der Waals surface area contributed by atoms with Crippen molar-refractivity contribution in [3.63, 3.8) is 0 Å². The number of aromatic amines is 1. The Kier molecular flexibility index (Phi) is 2.42. The third-order valence-electron chi connectivity index (χ3n) is 2.65. The fourth-order valence-electron chi connectivity index (χ4n) is 1.76. The molecule has 2 heterocycles. The van der Waals surface area contributed by atoms with E-state index in [2.05, 4.69) is 19.9 Å². The van der Waals surface area contributed by atoms with Crippen molar-refractivity contribution in [3.8, 4) is 0 Å². The number of rotatable bonds is 2. The minimum absolute atomic E-state index is 0.162. The zero-order valence-electron chi connectivity index (χ0n) is 9.41. The van der Waals surface area contributed by atoms with Gasteiger partial charge >= 0.3 is 0 Å². The molecular formula is C12H11N5O. The lowest BCUT2D eigenvalue weighted by atomic mass is 10.1. The van der Waals surface area contributed by atoms with Crippen molar-refractivity contribution in [2.24, 2.45) is 0 Å². The van der Waals surface area contributed by atoms with Crippen molar-refractivity contribution >= 4 is 17.1 Å². The van der Waals surface area contributed by atoms with Crippen LogP contribution in [0, 0.1) is 0 Å². The van der Waals surface area contributed by atoms with Crippen molar-refractivity contribution in [3.05, 3.63) is 47.9 Å². The molecule has 0 fully saturated rings. The molecule has 0 aliphatic carbocycles. The van der Waals surface area contributed by atoms with E-state index in [1.54, 1.807) is 6.20 Å².